The number of methoxy groups -OCH3 is 1. The molecule has 5 rings (SSSR count). The lowest BCUT2D eigenvalue weighted by Gasteiger charge is -2.26. The van der Waals surface area contributed by atoms with Gasteiger partial charge in [0.05, 0.1) is 24.7 Å². The second-order valence-corrected chi connectivity index (χ2v) is 7.76. The fourth-order valence-electron chi connectivity index (χ4n) is 3.94. The molecule has 8 heteroatoms. The lowest BCUT2D eigenvalue weighted by atomic mass is 10.1. The molecule has 1 aliphatic rings. The van der Waals surface area contributed by atoms with Gasteiger partial charge in [-0.05, 0) is 49.6 Å². The summed E-state index contributed by atoms with van der Waals surface area (Å²) in [6, 6.07) is 17.2. The maximum atomic E-state index is 12.8. The van der Waals surface area contributed by atoms with E-state index in [1.807, 2.05) is 53.4 Å². The molecule has 1 aliphatic heterocycles. The van der Waals surface area contributed by atoms with Gasteiger partial charge in [0.25, 0.3) is 5.91 Å². The zero-order valence-corrected chi connectivity index (χ0v) is 17.9. The fraction of sp³-hybridized carbons (Fsp3) is 0.250. The monoisotopic (exact) mass is 428 g/mol. The van der Waals surface area contributed by atoms with E-state index in [4.69, 9.17) is 4.74 Å². The van der Waals surface area contributed by atoms with Gasteiger partial charge in [0, 0.05) is 30.3 Å². The van der Waals surface area contributed by atoms with E-state index in [0.29, 0.717) is 11.8 Å². The van der Waals surface area contributed by atoms with Crippen molar-refractivity contribution in [1.29, 1.82) is 0 Å². The van der Waals surface area contributed by atoms with Crippen molar-refractivity contribution in [3.05, 3.63) is 66.4 Å². The number of aromatic nitrogens is 4. The minimum absolute atomic E-state index is 0.106. The average Bonchev–Trinajstić information content (AvgIpc) is 3.27. The number of benzene rings is 1. The van der Waals surface area contributed by atoms with Gasteiger partial charge in [0.1, 0.15) is 0 Å². The topological polar surface area (TPSA) is 84.7 Å². The highest BCUT2D eigenvalue weighted by molar-refractivity contribution is 5.94. The third kappa shape index (κ3) is 3.99. The summed E-state index contributed by atoms with van der Waals surface area (Å²) >= 11 is 0. The maximum absolute atomic E-state index is 12.8. The van der Waals surface area contributed by atoms with Crippen LogP contribution in [0.2, 0.25) is 0 Å². The molecule has 1 aromatic carbocycles. The molecule has 4 heterocycles. The molecule has 3 aromatic heterocycles. The van der Waals surface area contributed by atoms with Gasteiger partial charge in [-0.3, -0.25) is 4.79 Å². The number of piperidine rings is 1. The number of fused-ring (bicyclic) bond motifs is 1. The van der Waals surface area contributed by atoms with Gasteiger partial charge in [0.15, 0.2) is 5.65 Å². The quantitative estimate of drug-likeness (QED) is 0.514. The number of nitrogens with one attached hydrogen (secondary N) is 1. The molecule has 0 bridgehead atoms. The Balaban J connectivity index is 1.39. The third-order valence-corrected chi connectivity index (χ3v) is 5.63. The van der Waals surface area contributed by atoms with Gasteiger partial charge in [-0.2, -0.15) is 4.98 Å². The van der Waals surface area contributed by atoms with E-state index in [2.05, 4.69) is 20.4 Å². The minimum atomic E-state index is 0.106. The highest BCUT2D eigenvalue weighted by Gasteiger charge is 2.18. The normalized spacial score (nSPS) is 13.8. The largest absolute Gasteiger partial charge is 0.481 e. The van der Waals surface area contributed by atoms with Gasteiger partial charge in [-0.15, -0.1) is 5.10 Å². The van der Waals surface area contributed by atoms with Gasteiger partial charge in [-0.1, -0.05) is 18.2 Å². The molecular formula is C24H24N6O2. The van der Waals surface area contributed by atoms with Crippen molar-refractivity contribution in [2.45, 2.75) is 19.3 Å². The Labute approximate surface area is 185 Å². The first-order chi connectivity index (χ1) is 15.7. The summed E-state index contributed by atoms with van der Waals surface area (Å²) in [5.41, 5.74) is 4.07. The van der Waals surface area contributed by atoms with Crippen LogP contribution in [-0.2, 0) is 0 Å². The summed E-state index contributed by atoms with van der Waals surface area (Å²) in [4.78, 5) is 23.5. The van der Waals surface area contributed by atoms with Crippen LogP contribution < -0.4 is 10.1 Å². The first-order valence-corrected chi connectivity index (χ1v) is 10.7. The zero-order valence-electron chi connectivity index (χ0n) is 17.9. The van der Waals surface area contributed by atoms with E-state index in [0.717, 1.165) is 54.1 Å². The summed E-state index contributed by atoms with van der Waals surface area (Å²) < 4.78 is 6.88. The van der Waals surface area contributed by atoms with E-state index in [9.17, 15) is 4.79 Å². The van der Waals surface area contributed by atoms with E-state index < -0.39 is 0 Å². The van der Waals surface area contributed by atoms with Crippen molar-refractivity contribution >= 4 is 23.2 Å². The van der Waals surface area contributed by atoms with Crippen molar-refractivity contribution < 1.29 is 9.53 Å². The Hall–Kier alpha value is -3.94. The highest BCUT2D eigenvalue weighted by Crippen LogP contribution is 2.23. The molecule has 0 aliphatic carbocycles. The number of amides is 1. The summed E-state index contributed by atoms with van der Waals surface area (Å²) in [6.45, 7) is 1.69. The van der Waals surface area contributed by atoms with Gasteiger partial charge in [0.2, 0.25) is 11.8 Å². The number of hydrogen-bond acceptors (Lipinski definition) is 6. The molecule has 1 amide bonds. The van der Waals surface area contributed by atoms with Crippen LogP contribution in [-0.4, -0.2) is 50.6 Å². The van der Waals surface area contributed by atoms with Gasteiger partial charge >= 0.3 is 0 Å². The number of carbonyl (C=O) groups excluding carboxylic acids is 1. The predicted octanol–water partition coefficient (Wildman–Crippen LogP) is 4.17. The van der Waals surface area contributed by atoms with E-state index in [1.165, 1.54) is 6.42 Å². The molecule has 4 aromatic rings. The molecule has 1 fully saturated rings. The lowest BCUT2D eigenvalue weighted by Crippen LogP contribution is -2.35. The van der Waals surface area contributed by atoms with Gasteiger partial charge in [-0.25, -0.2) is 9.50 Å². The Bertz CT molecular complexity index is 1230. The van der Waals surface area contributed by atoms with Crippen LogP contribution in [0.1, 0.15) is 29.6 Å². The number of likely N-dealkylation sites (tertiary alicyclic amines) is 1. The molecule has 32 heavy (non-hydrogen) atoms. The van der Waals surface area contributed by atoms with Crippen LogP contribution in [0, 0.1) is 0 Å². The molecule has 0 spiro atoms. The number of rotatable bonds is 5. The number of anilines is 2. The second kappa shape index (κ2) is 8.66. The van der Waals surface area contributed by atoms with Crippen molar-refractivity contribution in [2.75, 3.05) is 25.5 Å². The second-order valence-electron chi connectivity index (χ2n) is 7.76. The highest BCUT2D eigenvalue weighted by atomic mass is 16.5. The Morgan fingerprint density at radius 3 is 2.53 bits per heavy atom. The van der Waals surface area contributed by atoms with Crippen molar-refractivity contribution in [3.63, 3.8) is 0 Å². The van der Waals surface area contributed by atoms with E-state index >= 15 is 0 Å². The SMILES string of the molecule is COc1ccc(Nc2nc3cccc(-c4ccc(C(=O)N5CCCCC5)cc4)n3n2)cn1. The lowest BCUT2D eigenvalue weighted by molar-refractivity contribution is 0.0724. The van der Waals surface area contributed by atoms with Crippen LogP contribution >= 0.6 is 0 Å². The molecular weight excluding hydrogens is 404 g/mol. The van der Waals surface area contributed by atoms with E-state index in [-0.39, 0.29) is 5.91 Å². The first-order valence-electron chi connectivity index (χ1n) is 10.7. The molecule has 0 atom stereocenters. The first kappa shape index (κ1) is 20.0. The summed E-state index contributed by atoms with van der Waals surface area (Å²) in [5, 5.41) is 7.79. The summed E-state index contributed by atoms with van der Waals surface area (Å²) in [5.74, 6) is 1.12. The molecule has 1 N–H and O–H groups in total. The third-order valence-electron chi connectivity index (χ3n) is 5.63. The van der Waals surface area contributed by atoms with Crippen molar-refractivity contribution in [1.82, 2.24) is 24.5 Å². The smallest absolute Gasteiger partial charge is 0.253 e. The number of nitrogens with zero attached hydrogens (tertiary/aromatic N) is 5. The Kier molecular flexibility index (Phi) is 5.41. The molecule has 0 radical (unpaired) electrons. The van der Waals surface area contributed by atoms with Crippen molar-refractivity contribution in [3.8, 4) is 17.1 Å². The van der Waals surface area contributed by atoms with Crippen LogP contribution in [0.15, 0.2) is 60.8 Å². The number of carbonyl (C=O) groups is 1. The molecule has 0 unspecified atom stereocenters. The van der Waals surface area contributed by atoms with Crippen LogP contribution in [0.4, 0.5) is 11.6 Å². The Morgan fingerprint density at radius 2 is 1.81 bits per heavy atom. The minimum Gasteiger partial charge on any atom is -0.481 e. The van der Waals surface area contributed by atoms with Crippen LogP contribution in [0.25, 0.3) is 16.9 Å². The summed E-state index contributed by atoms with van der Waals surface area (Å²) in [6.07, 6.45) is 5.04. The van der Waals surface area contributed by atoms with Crippen LogP contribution in [0.3, 0.4) is 0 Å². The summed E-state index contributed by atoms with van der Waals surface area (Å²) in [7, 11) is 1.58. The number of ether oxygens (including phenoxy) is 1. The predicted molar refractivity (Wildman–Crippen MR) is 122 cm³/mol. The molecule has 8 nitrogen and oxygen atoms in total. The fourth-order valence-corrected chi connectivity index (χ4v) is 3.94. The zero-order chi connectivity index (χ0) is 21.9. The number of hydrogen-bond donors (Lipinski definition) is 1. The average molecular weight is 428 g/mol. The Morgan fingerprint density at radius 1 is 1.00 bits per heavy atom. The maximum Gasteiger partial charge on any atom is 0.253 e. The van der Waals surface area contributed by atoms with Crippen LogP contribution in [0.5, 0.6) is 5.88 Å². The molecule has 0 saturated carbocycles. The van der Waals surface area contributed by atoms with Gasteiger partial charge < -0.3 is 15.0 Å². The number of pyridine rings is 2. The van der Waals surface area contributed by atoms with Crippen molar-refractivity contribution in [2.24, 2.45) is 0 Å². The molecule has 162 valence electrons. The standard InChI is InChI=1S/C24H24N6O2/c1-32-22-13-12-19(16-25-22)26-24-27-21-7-5-6-20(30(21)28-24)17-8-10-18(11-9-17)23(31)29-14-3-2-4-15-29/h5-13,16H,2-4,14-15H2,1H3,(H,26,28). The molecule has 1 saturated heterocycles. The van der Waals surface area contributed by atoms with E-state index in [1.54, 1.807) is 23.9 Å².